The Morgan fingerprint density at radius 3 is 2.67 bits per heavy atom. The van der Waals surface area contributed by atoms with Crippen LogP contribution in [0.4, 0.5) is 4.39 Å². The van der Waals surface area contributed by atoms with Gasteiger partial charge in [-0.05, 0) is 29.8 Å². The molecule has 1 heterocycles. The van der Waals surface area contributed by atoms with Crippen LogP contribution in [0.5, 0.6) is 11.5 Å². The van der Waals surface area contributed by atoms with Gasteiger partial charge in [-0.3, -0.25) is 9.69 Å². The molecule has 1 amide bonds. The predicted octanol–water partition coefficient (Wildman–Crippen LogP) is 3.31. The van der Waals surface area contributed by atoms with E-state index in [1.807, 2.05) is 6.07 Å². The van der Waals surface area contributed by atoms with E-state index in [-0.39, 0.29) is 11.7 Å². The van der Waals surface area contributed by atoms with Crippen molar-refractivity contribution in [2.45, 2.75) is 6.54 Å². The Morgan fingerprint density at radius 1 is 1.19 bits per heavy atom. The van der Waals surface area contributed by atoms with Gasteiger partial charge in [-0.15, -0.1) is 5.10 Å². The first-order valence-corrected chi connectivity index (χ1v) is 9.10. The lowest BCUT2D eigenvalue weighted by atomic mass is 10.2. The van der Waals surface area contributed by atoms with Crippen LogP contribution in [0.25, 0.3) is 0 Å². The fourth-order valence-corrected chi connectivity index (χ4v) is 3.30. The minimum Gasteiger partial charge on any atom is -0.497 e. The summed E-state index contributed by atoms with van der Waals surface area (Å²) in [6, 6.07) is 11.4. The molecule has 0 spiro atoms. The van der Waals surface area contributed by atoms with Gasteiger partial charge < -0.3 is 9.47 Å². The molecule has 2 aromatic carbocycles. The standard InChI is InChI=1S/C19H18FN3O3S/c1-25-16-8-5-14(17(9-16)26-2)10-21-22-19-23(18(24)12-27-19)11-13-3-6-15(20)7-4-13/h3-10H,11-12H2,1-2H3/b21-10+,22-19-. The molecule has 0 aliphatic carbocycles. The van der Waals surface area contributed by atoms with Gasteiger partial charge in [0, 0.05) is 11.6 Å². The van der Waals surface area contributed by atoms with Crippen molar-refractivity contribution in [3.8, 4) is 11.5 Å². The molecule has 8 heteroatoms. The summed E-state index contributed by atoms with van der Waals surface area (Å²) in [5.41, 5.74) is 1.56. The lowest BCUT2D eigenvalue weighted by molar-refractivity contribution is -0.124. The third-order valence-corrected chi connectivity index (χ3v) is 4.84. The van der Waals surface area contributed by atoms with Crippen LogP contribution >= 0.6 is 11.8 Å². The monoisotopic (exact) mass is 387 g/mol. The van der Waals surface area contributed by atoms with Crippen molar-refractivity contribution in [2.75, 3.05) is 20.0 Å². The number of hydrogen-bond donors (Lipinski definition) is 0. The molecule has 1 fully saturated rings. The van der Waals surface area contributed by atoms with Crippen LogP contribution in [0.3, 0.4) is 0 Å². The van der Waals surface area contributed by atoms with Gasteiger partial charge in [-0.2, -0.15) is 5.10 Å². The molecule has 140 valence electrons. The van der Waals surface area contributed by atoms with E-state index >= 15 is 0 Å². The highest BCUT2D eigenvalue weighted by Gasteiger charge is 2.28. The number of carbonyl (C=O) groups excluding carboxylic acids is 1. The third-order valence-electron chi connectivity index (χ3n) is 3.89. The van der Waals surface area contributed by atoms with E-state index in [2.05, 4.69) is 10.2 Å². The van der Waals surface area contributed by atoms with Crippen molar-refractivity contribution in [2.24, 2.45) is 10.2 Å². The second-order valence-electron chi connectivity index (χ2n) is 5.63. The largest absolute Gasteiger partial charge is 0.497 e. The van der Waals surface area contributed by atoms with E-state index in [0.29, 0.717) is 29.0 Å². The molecular formula is C19H18FN3O3S. The molecule has 1 aliphatic rings. The van der Waals surface area contributed by atoms with Gasteiger partial charge in [-0.25, -0.2) is 4.39 Å². The molecule has 0 aromatic heterocycles. The molecule has 27 heavy (non-hydrogen) atoms. The minimum absolute atomic E-state index is 0.0553. The van der Waals surface area contributed by atoms with Crippen LogP contribution < -0.4 is 9.47 Å². The SMILES string of the molecule is COc1ccc(/C=N/N=C2\SCC(=O)N2Cc2ccc(F)cc2)c(OC)c1. The summed E-state index contributed by atoms with van der Waals surface area (Å²) >= 11 is 1.32. The zero-order valence-electron chi connectivity index (χ0n) is 14.9. The Kier molecular flexibility index (Phi) is 6.08. The van der Waals surface area contributed by atoms with E-state index in [4.69, 9.17) is 9.47 Å². The molecule has 1 saturated heterocycles. The Morgan fingerprint density at radius 2 is 1.96 bits per heavy atom. The predicted molar refractivity (Wildman–Crippen MR) is 104 cm³/mol. The van der Waals surface area contributed by atoms with E-state index < -0.39 is 0 Å². The van der Waals surface area contributed by atoms with Gasteiger partial charge in [0.2, 0.25) is 5.91 Å². The number of amidine groups is 1. The quantitative estimate of drug-likeness (QED) is 0.564. The summed E-state index contributed by atoms with van der Waals surface area (Å²) in [5.74, 6) is 1.23. The summed E-state index contributed by atoms with van der Waals surface area (Å²) in [7, 11) is 3.15. The maximum absolute atomic E-state index is 13.0. The van der Waals surface area contributed by atoms with Gasteiger partial charge in [0.15, 0.2) is 5.17 Å². The number of methoxy groups -OCH3 is 2. The van der Waals surface area contributed by atoms with Crippen molar-refractivity contribution in [3.63, 3.8) is 0 Å². The smallest absolute Gasteiger partial charge is 0.239 e. The number of halogens is 1. The van der Waals surface area contributed by atoms with Crippen LogP contribution in [0.15, 0.2) is 52.7 Å². The molecule has 2 aromatic rings. The van der Waals surface area contributed by atoms with Crippen LogP contribution in [0.2, 0.25) is 0 Å². The first kappa shape index (κ1) is 18.9. The van der Waals surface area contributed by atoms with Gasteiger partial charge in [-0.1, -0.05) is 23.9 Å². The summed E-state index contributed by atoms with van der Waals surface area (Å²) in [6.45, 7) is 0.326. The number of amides is 1. The average molecular weight is 387 g/mol. The molecule has 0 unspecified atom stereocenters. The van der Waals surface area contributed by atoms with Crippen molar-refractivity contribution >= 4 is 29.1 Å². The topological polar surface area (TPSA) is 63.5 Å². The van der Waals surface area contributed by atoms with Gasteiger partial charge in [0.25, 0.3) is 0 Å². The zero-order valence-corrected chi connectivity index (χ0v) is 15.7. The Hall–Kier alpha value is -2.87. The van der Waals surface area contributed by atoms with Crippen molar-refractivity contribution in [1.29, 1.82) is 0 Å². The molecule has 3 rings (SSSR count). The molecule has 0 saturated carbocycles. The Labute approximate surface area is 160 Å². The fraction of sp³-hybridized carbons (Fsp3) is 0.211. The number of nitrogens with zero attached hydrogens (tertiary/aromatic N) is 3. The number of thioether (sulfide) groups is 1. The molecule has 0 radical (unpaired) electrons. The normalized spacial score (nSPS) is 15.7. The highest BCUT2D eigenvalue weighted by Crippen LogP contribution is 2.24. The Balaban J connectivity index is 1.76. The van der Waals surface area contributed by atoms with Crippen LogP contribution in [-0.4, -0.2) is 42.2 Å². The first-order chi connectivity index (χ1) is 13.1. The van der Waals surface area contributed by atoms with Gasteiger partial charge >= 0.3 is 0 Å². The third kappa shape index (κ3) is 4.65. The molecule has 0 atom stereocenters. The second-order valence-corrected chi connectivity index (χ2v) is 6.57. The summed E-state index contributed by atoms with van der Waals surface area (Å²) < 4.78 is 23.5. The molecular weight excluding hydrogens is 369 g/mol. The van der Waals surface area contributed by atoms with Crippen molar-refractivity contribution in [3.05, 3.63) is 59.4 Å². The van der Waals surface area contributed by atoms with E-state index in [1.165, 1.54) is 23.9 Å². The number of hydrogen-bond acceptors (Lipinski definition) is 6. The van der Waals surface area contributed by atoms with Gasteiger partial charge in [0.05, 0.1) is 32.7 Å². The number of ether oxygens (including phenoxy) is 2. The van der Waals surface area contributed by atoms with Crippen LogP contribution in [-0.2, 0) is 11.3 Å². The highest BCUT2D eigenvalue weighted by atomic mass is 32.2. The molecule has 0 bridgehead atoms. The fourth-order valence-electron chi connectivity index (χ4n) is 2.47. The average Bonchev–Trinajstić information content (AvgIpc) is 3.03. The molecule has 0 N–H and O–H groups in total. The van der Waals surface area contributed by atoms with Crippen LogP contribution in [0.1, 0.15) is 11.1 Å². The van der Waals surface area contributed by atoms with Crippen LogP contribution in [0, 0.1) is 5.82 Å². The maximum atomic E-state index is 13.0. The van der Waals surface area contributed by atoms with Gasteiger partial charge in [0.1, 0.15) is 17.3 Å². The molecule has 1 aliphatic heterocycles. The summed E-state index contributed by atoms with van der Waals surface area (Å²) in [6.07, 6.45) is 1.56. The summed E-state index contributed by atoms with van der Waals surface area (Å²) in [5, 5.41) is 8.78. The van der Waals surface area contributed by atoms with Crippen molar-refractivity contribution in [1.82, 2.24) is 4.90 Å². The van der Waals surface area contributed by atoms with E-state index in [0.717, 1.165) is 11.1 Å². The van der Waals surface area contributed by atoms with E-state index in [1.54, 1.807) is 49.6 Å². The van der Waals surface area contributed by atoms with Crippen molar-refractivity contribution < 1.29 is 18.7 Å². The summed E-state index contributed by atoms with van der Waals surface area (Å²) in [4.78, 5) is 13.7. The second kappa shape index (κ2) is 8.68. The number of carbonyl (C=O) groups is 1. The Bertz CT molecular complexity index is 884. The number of benzene rings is 2. The van der Waals surface area contributed by atoms with E-state index in [9.17, 15) is 9.18 Å². The number of rotatable bonds is 6. The molecule has 6 nitrogen and oxygen atoms in total. The maximum Gasteiger partial charge on any atom is 0.239 e. The zero-order chi connectivity index (χ0) is 19.2. The first-order valence-electron chi connectivity index (χ1n) is 8.11. The minimum atomic E-state index is -0.312. The lowest BCUT2D eigenvalue weighted by Crippen LogP contribution is -2.28. The highest BCUT2D eigenvalue weighted by molar-refractivity contribution is 8.15. The lowest BCUT2D eigenvalue weighted by Gasteiger charge is -2.15.